The van der Waals surface area contributed by atoms with Gasteiger partial charge in [-0.05, 0) is 84.9 Å². The minimum absolute atomic E-state index is 0.199. The van der Waals surface area contributed by atoms with E-state index < -0.39 is 0 Å². The highest BCUT2D eigenvalue weighted by molar-refractivity contribution is 5.93. The Bertz CT molecular complexity index is 1040. The number of amides is 1. The van der Waals surface area contributed by atoms with Crippen LogP contribution in [0.4, 0.5) is 10.3 Å². The van der Waals surface area contributed by atoms with E-state index in [0.717, 1.165) is 88.2 Å². The number of carbonyl (C=O) groups excluding carboxylic acids is 1. The van der Waals surface area contributed by atoms with E-state index in [-0.39, 0.29) is 17.6 Å². The molecular formula is C25H33FN6O2. The number of allylic oxidation sites excluding steroid dienone is 1. The molecule has 1 aromatic carbocycles. The lowest BCUT2D eigenvalue weighted by atomic mass is 9.84. The van der Waals surface area contributed by atoms with Crippen molar-refractivity contribution in [3.05, 3.63) is 41.2 Å². The van der Waals surface area contributed by atoms with Crippen LogP contribution in [-0.2, 0) is 11.8 Å². The van der Waals surface area contributed by atoms with Crippen molar-refractivity contribution < 1.29 is 13.9 Å². The molecule has 2 aromatic rings. The lowest BCUT2D eigenvalue weighted by Gasteiger charge is -2.31. The molecule has 5 rings (SSSR count). The third-order valence-electron chi connectivity index (χ3n) is 7.48. The van der Waals surface area contributed by atoms with Gasteiger partial charge in [0.15, 0.2) is 11.6 Å². The first-order valence-electron chi connectivity index (χ1n) is 12.5. The summed E-state index contributed by atoms with van der Waals surface area (Å²) >= 11 is 0. The average Bonchev–Trinajstić information content (AvgIpc) is 3.55. The summed E-state index contributed by atoms with van der Waals surface area (Å²) in [4.78, 5) is 16.7. The number of aromatic nitrogens is 4. The number of rotatable bonds is 6. The van der Waals surface area contributed by atoms with E-state index in [1.807, 2.05) is 18.0 Å². The molecule has 2 saturated heterocycles. The van der Waals surface area contributed by atoms with Gasteiger partial charge in [0, 0.05) is 38.8 Å². The van der Waals surface area contributed by atoms with Crippen LogP contribution >= 0.6 is 0 Å². The quantitative estimate of drug-likeness (QED) is 0.646. The van der Waals surface area contributed by atoms with E-state index >= 15 is 0 Å². The van der Waals surface area contributed by atoms with Gasteiger partial charge in [-0.2, -0.15) is 0 Å². The van der Waals surface area contributed by atoms with Crippen molar-refractivity contribution in [2.45, 2.75) is 50.9 Å². The molecule has 0 saturated carbocycles. The number of hydrogen-bond donors (Lipinski definition) is 0. The number of anilines is 1. The first-order chi connectivity index (χ1) is 16.6. The van der Waals surface area contributed by atoms with Crippen LogP contribution in [0.15, 0.2) is 29.8 Å². The SMILES string of the molecule is Cn1nnnc1N1CCC(COc2ccc(C3CC=C(C(=O)N4CCCC4)CC3)cc2F)CC1. The van der Waals surface area contributed by atoms with Crippen molar-refractivity contribution in [2.75, 3.05) is 37.7 Å². The number of hydrogen-bond acceptors (Lipinski definition) is 6. The summed E-state index contributed by atoms with van der Waals surface area (Å²) < 4.78 is 22.4. The Labute approximate surface area is 199 Å². The van der Waals surface area contributed by atoms with E-state index in [2.05, 4.69) is 26.5 Å². The molecule has 34 heavy (non-hydrogen) atoms. The number of nitrogens with zero attached hydrogens (tertiary/aromatic N) is 6. The van der Waals surface area contributed by atoms with E-state index in [4.69, 9.17) is 4.74 Å². The van der Waals surface area contributed by atoms with E-state index in [9.17, 15) is 9.18 Å². The fraction of sp³-hybridized carbons (Fsp3) is 0.600. The number of ether oxygens (including phenoxy) is 1. The summed E-state index contributed by atoms with van der Waals surface area (Å²) in [5, 5.41) is 11.7. The molecule has 1 aromatic heterocycles. The zero-order valence-electron chi connectivity index (χ0n) is 19.8. The summed E-state index contributed by atoms with van der Waals surface area (Å²) in [5.74, 6) is 1.63. The van der Waals surface area contributed by atoms with Crippen LogP contribution in [0.5, 0.6) is 5.75 Å². The molecule has 3 aliphatic rings. The van der Waals surface area contributed by atoms with Crippen molar-refractivity contribution in [3.63, 3.8) is 0 Å². The molecule has 0 spiro atoms. The fourth-order valence-electron chi connectivity index (χ4n) is 5.34. The first-order valence-corrected chi connectivity index (χ1v) is 12.5. The van der Waals surface area contributed by atoms with Crippen LogP contribution in [0.1, 0.15) is 56.4 Å². The minimum Gasteiger partial charge on any atom is -0.490 e. The number of benzene rings is 1. The van der Waals surface area contributed by atoms with Gasteiger partial charge in [0.1, 0.15) is 0 Å². The Morgan fingerprint density at radius 3 is 2.59 bits per heavy atom. The molecule has 3 heterocycles. The molecule has 2 aliphatic heterocycles. The molecule has 2 fully saturated rings. The fourth-order valence-corrected chi connectivity index (χ4v) is 5.34. The van der Waals surface area contributed by atoms with Gasteiger partial charge in [-0.1, -0.05) is 17.2 Å². The highest BCUT2D eigenvalue weighted by Crippen LogP contribution is 2.35. The van der Waals surface area contributed by atoms with Crippen LogP contribution < -0.4 is 9.64 Å². The van der Waals surface area contributed by atoms with Gasteiger partial charge >= 0.3 is 0 Å². The predicted octanol–water partition coefficient (Wildman–Crippen LogP) is 3.46. The summed E-state index contributed by atoms with van der Waals surface area (Å²) in [6.45, 7) is 3.99. The highest BCUT2D eigenvalue weighted by Gasteiger charge is 2.26. The van der Waals surface area contributed by atoms with Crippen molar-refractivity contribution >= 4 is 11.9 Å². The Kier molecular flexibility index (Phi) is 6.78. The molecule has 0 radical (unpaired) electrons. The molecule has 8 nitrogen and oxygen atoms in total. The topological polar surface area (TPSA) is 76.4 Å². The van der Waals surface area contributed by atoms with Crippen LogP contribution in [0.3, 0.4) is 0 Å². The van der Waals surface area contributed by atoms with E-state index in [1.165, 1.54) is 0 Å². The van der Waals surface area contributed by atoms with Gasteiger partial charge in [0.2, 0.25) is 11.9 Å². The molecule has 9 heteroatoms. The monoisotopic (exact) mass is 468 g/mol. The maximum absolute atomic E-state index is 14.8. The third kappa shape index (κ3) is 4.93. The lowest BCUT2D eigenvalue weighted by molar-refractivity contribution is -0.126. The third-order valence-corrected chi connectivity index (χ3v) is 7.48. The molecular weight excluding hydrogens is 435 g/mol. The summed E-state index contributed by atoms with van der Waals surface area (Å²) in [5.41, 5.74) is 1.92. The number of halogens is 1. The van der Waals surface area contributed by atoms with Crippen LogP contribution in [0.25, 0.3) is 0 Å². The number of aryl methyl sites for hydroxylation is 1. The predicted molar refractivity (Wildman–Crippen MR) is 126 cm³/mol. The molecule has 0 bridgehead atoms. The van der Waals surface area contributed by atoms with Crippen LogP contribution in [0, 0.1) is 11.7 Å². The van der Waals surface area contributed by atoms with Crippen molar-refractivity contribution in [2.24, 2.45) is 13.0 Å². The van der Waals surface area contributed by atoms with Crippen LogP contribution in [0.2, 0.25) is 0 Å². The van der Waals surface area contributed by atoms with Gasteiger partial charge in [-0.15, -0.1) is 0 Å². The minimum atomic E-state index is -0.303. The molecule has 1 atom stereocenters. The molecule has 1 unspecified atom stereocenters. The Morgan fingerprint density at radius 1 is 1.15 bits per heavy atom. The Morgan fingerprint density at radius 2 is 1.94 bits per heavy atom. The number of tetrazole rings is 1. The Balaban J connectivity index is 1.11. The molecule has 1 aliphatic carbocycles. The second-order valence-electron chi connectivity index (χ2n) is 9.73. The molecule has 182 valence electrons. The van der Waals surface area contributed by atoms with Gasteiger partial charge in [-0.3, -0.25) is 4.79 Å². The standard InChI is InChI=1S/C25H33FN6O2/c1-30-25(27-28-29-30)32-14-10-18(11-15-32)17-34-23-9-8-21(16-22(23)26)19-4-6-20(7-5-19)24(33)31-12-2-3-13-31/h6,8-9,16,18-19H,2-5,7,10-15,17H2,1H3. The zero-order valence-corrected chi connectivity index (χ0v) is 19.8. The van der Waals surface area contributed by atoms with E-state index in [1.54, 1.807) is 16.8 Å². The maximum Gasteiger partial charge on any atom is 0.249 e. The Hall–Kier alpha value is -2.97. The second kappa shape index (κ2) is 10.1. The maximum atomic E-state index is 14.8. The molecule has 1 amide bonds. The summed E-state index contributed by atoms with van der Waals surface area (Å²) in [6, 6.07) is 5.36. The summed E-state index contributed by atoms with van der Waals surface area (Å²) in [6.07, 6.45) is 8.63. The van der Waals surface area contributed by atoms with Gasteiger partial charge in [0.05, 0.1) is 6.61 Å². The highest BCUT2D eigenvalue weighted by atomic mass is 19.1. The lowest BCUT2D eigenvalue weighted by Crippen LogP contribution is -2.37. The van der Waals surface area contributed by atoms with Crippen molar-refractivity contribution in [3.8, 4) is 5.75 Å². The average molecular weight is 469 g/mol. The second-order valence-corrected chi connectivity index (χ2v) is 9.73. The van der Waals surface area contributed by atoms with E-state index in [0.29, 0.717) is 18.3 Å². The van der Waals surface area contributed by atoms with Gasteiger partial charge in [-0.25, -0.2) is 9.07 Å². The number of likely N-dealkylation sites (tertiary alicyclic amines) is 1. The van der Waals surface area contributed by atoms with Gasteiger partial charge in [0.25, 0.3) is 0 Å². The zero-order chi connectivity index (χ0) is 23.5. The van der Waals surface area contributed by atoms with Crippen LogP contribution in [-0.4, -0.2) is 63.8 Å². The smallest absolute Gasteiger partial charge is 0.249 e. The number of carbonyl (C=O) groups is 1. The number of piperidine rings is 1. The first kappa shape index (κ1) is 22.8. The normalized spacial score (nSPS) is 21.6. The van der Waals surface area contributed by atoms with Crippen molar-refractivity contribution in [1.82, 2.24) is 25.1 Å². The molecule has 0 N–H and O–H groups in total. The van der Waals surface area contributed by atoms with Gasteiger partial charge < -0.3 is 14.5 Å². The summed E-state index contributed by atoms with van der Waals surface area (Å²) in [7, 11) is 1.84. The van der Waals surface area contributed by atoms with Crippen molar-refractivity contribution in [1.29, 1.82) is 0 Å². The largest absolute Gasteiger partial charge is 0.490 e.